The third kappa shape index (κ3) is 6.01. The minimum absolute atomic E-state index is 0.0264. The Bertz CT molecular complexity index is 4670. The Hall–Kier alpha value is -9.32. The maximum Gasteiger partial charge on any atom is 0.252 e. The van der Waals surface area contributed by atoms with E-state index in [4.69, 9.17) is 0 Å². The van der Waals surface area contributed by atoms with Gasteiger partial charge < -0.3 is 18.6 Å². The van der Waals surface area contributed by atoms with E-state index in [9.17, 15) is 0 Å². The van der Waals surface area contributed by atoms with E-state index in [0.29, 0.717) is 0 Å². The van der Waals surface area contributed by atoms with Crippen molar-refractivity contribution in [3.05, 3.63) is 248 Å². The average molecular weight is 957 g/mol. The first-order valence-corrected chi connectivity index (χ1v) is 26.3. The molecule has 0 aliphatic carbocycles. The molecule has 16 rings (SSSR count). The van der Waals surface area contributed by atoms with Crippen LogP contribution in [0.4, 0.5) is 17.1 Å². The van der Waals surface area contributed by atoms with Crippen molar-refractivity contribution in [1.29, 1.82) is 0 Å². The molecule has 4 nitrogen and oxygen atoms in total. The topological polar surface area (TPSA) is 18.0 Å². The van der Waals surface area contributed by atoms with Crippen LogP contribution in [-0.4, -0.2) is 20.4 Å². The van der Waals surface area contributed by atoms with Crippen LogP contribution in [0.15, 0.2) is 243 Å². The first-order valence-electron chi connectivity index (χ1n) is 26.3. The summed E-state index contributed by atoms with van der Waals surface area (Å²) in [5.41, 5.74) is 24.4. The SMILES string of the molecule is CC(C)(C)c1ccc(-c2cc3c4c(c2)-n2c5cc6c7ccccc7n(-c7ccccc7)c6cc5c5cccc(c52)B4c2cc4c(cc2N3c2ccccc2-c2ccccc2)c2ccccc2n4-c2ccccc2)cc1. The number of fused-ring (bicyclic) bond motifs is 13. The lowest BCUT2D eigenvalue weighted by Crippen LogP contribution is -2.60. The molecule has 0 unspecified atom stereocenters. The molecule has 0 atom stereocenters. The van der Waals surface area contributed by atoms with Crippen LogP contribution >= 0.6 is 0 Å². The number of anilines is 3. The quantitative estimate of drug-likeness (QED) is 0.157. The molecule has 11 aromatic carbocycles. The van der Waals surface area contributed by atoms with Crippen LogP contribution in [-0.2, 0) is 5.41 Å². The van der Waals surface area contributed by atoms with Gasteiger partial charge >= 0.3 is 0 Å². The summed E-state index contributed by atoms with van der Waals surface area (Å²) in [6.45, 7) is 6.82. The molecular weight excluding hydrogens is 908 g/mol. The lowest BCUT2D eigenvalue weighted by molar-refractivity contribution is 0.590. The largest absolute Gasteiger partial charge is 0.311 e. The van der Waals surface area contributed by atoms with E-state index in [1.165, 1.54) is 127 Å². The fourth-order valence-corrected chi connectivity index (χ4v) is 13.2. The molecule has 0 fully saturated rings. The Morgan fingerprint density at radius 3 is 1.52 bits per heavy atom. The molecule has 0 bridgehead atoms. The van der Waals surface area contributed by atoms with Gasteiger partial charge in [-0.25, -0.2) is 0 Å². The van der Waals surface area contributed by atoms with Crippen molar-refractivity contribution in [3.63, 3.8) is 0 Å². The second-order valence-corrected chi connectivity index (χ2v) is 21.7. The van der Waals surface area contributed by atoms with Gasteiger partial charge in [0.25, 0.3) is 6.71 Å². The summed E-state index contributed by atoms with van der Waals surface area (Å²) in [5.74, 6) is 0. The van der Waals surface area contributed by atoms with Crippen molar-refractivity contribution >= 4 is 106 Å². The monoisotopic (exact) mass is 956 g/mol. The zero-order valence-electron chi connectivity index (χ0n) is 42.0. The predicted molar refractivity (Wildman–Crippen MR) is 318 cm³/mol. The minimum atomic E-state index is -0.0806. The van der Waals surface area contributed by atoms with E-state index in [1.54, 1.807) is 0 Å². The Morgan fingerprint density at radius 2 is 0.853 bits per heavy atom. The smallest absolute Gasteiger partial charge is 0.252 e. The fourth-order valence-electron chi connectivity index (χ4n) is 13.2. The highest BCUT2D eigenvalue weighted by Crippen LogP contribution is 2.49. The molecule has 0 N–H and O–H groups in total. The number of hydrogen-bond acceptors (Lipinski definition) is 1. The molecule has 14 aromatic rings. The first-order chi connectivity index (χ1) is 36.9. The van der Waals surface area contributed by atoms with Gasteiger partial charge in [-0.15, -0.1) is 0 Å². The average Bonchev–Trinajstić information content (AvgIpc) is 4.11. The molecule has 2 aliphatic heterocycles. The van der Waals surface area contributed by atoms with Crippen molar-refractivity contribution < 1.29 is 0 Å². The number of rotatable bonds is 5. The Kier molecular flexibility index (Phi) is 8.78. The van der Waals surface area contributed by atoms with Crippen molar-refractivity contribution in [2.24, 2.45) is 0 Å². The van der Waals surface area contributed by atoms with Crippen molar-refractivity contribution in [2.45, 2.75) is 26.2 Å². The number of aromatic nitrogens is 3. The van der Waals surface area contributed by atoms with Gasteiger partial charge in [-0.05, 0) is 123 Å². The number of hydrogen-bond donors (Lipinski definition) is 0. The summed E-state index contributed by atoms with van der Waals surface area (Å²) < 4.78 is 7.57. The summed E-state index contributed by atoms with van der Waals surface area (Å²) in [4.78, 5) is 2.62. The molecule has 0 amide bonds. The third-order valence-electron chi connectivity index (χ3n) is 16.5. The van der Waals surface area contributed by atoms with Crippen LogP contribution in [0.3, 0.4) is 0 Å². The van der Waals surface area contributed by atoms with Crippen LogP contribution in [0.5, 0.6) is 0 Å². The van der Waals surface area contributed by atoms with E-state index >= 15 is 0 Å². The number of benzene rings is 11. The molecule has 352 valence electrons. The van der Waals surface area contributed by atoms with Gasteiger partial charge in [0.15, 0.2) is 0 Å². The van der Waals surface area contributed by atoms with E-state index < -0.39 is 0 Å². The van der Waals surface area contributed by atoms with Gasteiger partial charge in [0.1, 0.15) is 0 Å². The predicted octanol–water partition coefficient (Wildman–Crippen LogP) is 16.2. The highest BCUT2D eigenvalue weighted by Gasteiger charge is 2.43. The Balaban J connectivity index is 1.08. The lowest BCUT2D eigenvalue weighted by atomic mass is 9.33. The molecule has 0 saturated carbocycles. The normalized spacial score (nSPS) is 12.9. The Morgan fingerprint density at radius 1 is 0.320 bits per heavy atom. The van der Waals surface area contributed by atoms with Crippen LogP contribution < -0.4 is 21.3 Å². The van der Waals surface area contributed by atoms with E-state index in [0.717, 1.165) is 17.1 Å². The second-order valence-electron chi connectivity index (χ2n) is 21.7. The van der Waals surface area contributed by atoms with Gasteiger partial charge in [-0.1, -0.05) is 185 Å². The van der Waals surface area contributed by atoms with Crippen LogP contribution in [0.25, 0.3) is 105 Å². The van der Waals surface area contributed by atoms with Gasteiger partial charge in [0.05, 0.1) is 33.3 Å². The van der Waals surface area contributed by atoms with E-state index in [2.05, 4.69) is 282 Å². The third-order valence-corrected chi connectivity index (χ3v) is 16.5. The zero-order chi connectivity index (χ0) is 49.7. The molecule has 5 heterocycles. The summed E-state index contributed by atoms with van der Waals surface area (Å²) in [6, 6.07) is 91.1. The first kappa shape index (κ1) is 42.2. The molecule has 0 spiro atoms. The molecule has 5 heteroatoms. The van der Waals surface area contributed by atoms with Gasteiger partial charge in [-0.3, -0.25) is 0 Å². The van der Waals surface area contributed by atoms with E-state index in [-0.39, 0.29) is 12.1 Å². The van der Waals surface area contributed by atoms with Crippen LogP contribution in [0.2, 0.25) is 0 Å². The van der Waals surface area contributed by atoms with Gasteiger partial charge in [0, 0.05) is 71.8 Å². The molecule has 3 aromatic heterocycles. The van der Waals surface area contributed by atoms with Gasteiger partial charge in [-0.2, -0.15) is 0 Å². The minimum Gasteiger partial charge on any atom is -0.311 e. The molecule has 2 aliphatic rings. The standard InChI is InChI=1S/C70H49BN4/c1-70(2,3)47-36-34-44(35-37-47)46-38-66-68-67(39-46)75-63-40-54-51-27-14-17-32-60(51)72(48-22-9-5-10-23-48)62(54)41-56(63)53-29-19-30-57(69(53)75)71(68)58-43-64-55(52-28-15-18-33-61(52)73(64)49-24-11-6-12-25-49)42-65(58)74(66)59-31-16-13-26-50(59)45-20-7-4-8-21-45/h4-43H,1-3H3. The van der Waals surface area contributed by atoms with Crippen molar-refractivity contribution in [3.8, 4) is 39.3 Å². The lowest BCUT2D eigenvalue weighted by Gasteiger charge is -2.41. The molecule has 0 radical (unpaired) electrons. The molecular formula is C70H49BN4. The molecule has 0 saturated heterocycles. The zero-order valence-corrected chi connectivity index (χ0v) is 42.0. The highest BCUT2D eigenvalue weighted by atomic mass is 15.2. The Labute approximate surface area is 435 Å². The maximum atomic E-state index is 2.64. The van der Waals surface area contributed by atoms with Crippen molar-refractivity contribution in [1.82, 2.24) is 13.7 Å². The summed E-state index contributed by atoms with van der Waals surface area (Å²) >= 11 is 0. The molecule has 75 heavy (non-hydrogen) atoms. The van der Waals surface area contributed by atoms with E-state index in [1.807, 2.05) is 0 Å². The summed E-state index contributed by atoms with van der Waals surface area (Å²) in [6.07, 6.45) is 0. The van der Waals surface area contributed by atoms with Crippen molar-refractivity contribution in [2.75, 3.05) is 4.90 Å². The second kappa shape index (κ2) is 15.6. The number of nitrogens with zero attached hydrogens (tertiary/aromatic N) is 4. The fraction of sp³-hybridized carbons (Fsp3) is 0.0571. The van der Waals surface area contributed by atoms with Crippen LogP contribution in [0.1, 0.15) is 26.3 Å². The highest BCUT2D eigenvalue weighted by molar-refractivity contribution is 7.00. The summed E-state index contributed by atoms with van der Waals surface area (Å²) in [7, 11) is 0. The summed E-state index contributed by atoms with van der Waals surface area (Å²) in [5, 5.41) is 7.47. The van der Waals surface area contributed by atoms with Crippen LogP contribution in [0, 0.1) is 0 Å². The maximum absolute atomic E-state index is 2.64. The van der Waals surface area contributed by atoms with Gasteiger partial charge in [0.2, 0.25) is 0 Å². The number of para-hydroxylation sites is 6.